The van der Waals surface area contributed by atoms with Crippen LogP contribution in [0, 0.1) is 51.8 Å². The molecule has 9 atom stereocenters. The second-order valence-corrected chi connectivity index (χ2v) is 12.0. The lowest BCUT2D eigenvalue weighted by Gasteiger charge is -2.42. The summed E-state index contributed by atoms with van der Waals surface area (Å²) in [6.07, 6.45) is 15.1. The van der Waals surface area contributed by atoms with Crippen LogP contribution in [0.2, 0.25) is 0 Å². The molecule has 0 spiro atoms. The van der Waals surface area contributed by atoms with Gasteiger partial charge in [-0.1, -0.05) is 60.8 Å². The van der Waals surface area contributed by atoms with Crippen molar-refractivity contribution in [3.05, 3.63) is 0 Å². The third-order valence-corrected chi connectivity index (χ3v) is 10.7. The van der Waals surface area contributed by atoms with Gasteiger partial charge in [0.25, 0.3) is 0 Å². The van der Waals surface area contributed by atoms with Crippen LogP contribution in [0.1, 0.15) is 106 Å². The van der Waals surface area contributed by atoms with E-state index in [1.54, 1.807) is 25.7 Å². The van der Waals surface area contributed by atoms with Crippen molar-refractivity contribution in [2.45, 2.75) is 106 Å². The molecule has 4 fully saturated rings. The maximum absolute atomic E-state index is 2.73. The van der Waals surface area contributed by atoms with E-state index in [-0.39, 0.29) is 0 Å². The van der Waals surface area contributed by atoms with E-state index in [0.29, 0.717) is 16.2 Å². The van der Waals surface area contributed by atoms with Crippen LogP contribution in [0.5, 0.6) is 0 Å². The van der Waals surface area contributed by atoms with Crippen LogP contribution >= 0.6 is 0 Å². The molecule has 0 aromatic carbocycles. The molecule has 0 heteroatoms. The van der Waals surface area contributed by atoms with Crippen molar-refractivity contribution in [2.24, 2.45) is 51.8 Å². The molecule has 0 aromatic heterocycles. The Balaban J connectivity index is 1.48. The van der Waals surface area contributed by atoms with Crippen LogP contribution < -0.4 is 0 Å². The second-order valence-electron chi connectivity index (χ2n) is 12.0. The predicted molar refractivity (Wildman–Crippen MR) is 108 cm³/mol. The normalized spacial score (nSPS) is 55.2. The molecule has 4 aliphatic carbocycles. The Morgan fingerprint density at radius 1 is 0.960 bits per heavy atom. The standard InChI is InChI=1S/C25H44/c1-7-17(2)9-8-10-19-11-12-21-20-15-23(4)13-18(3)14-25(23,6)22(20)16-24(19,21)5/h17-22H,7-16H2,1-6H3. The van der Waals surface area contributed by atoms with Crippen molar-refractivity contribution in [3.63, 3.8) is 0 Å². The Morgan fingerprint density at radius 3 is 2.44 bits per heavy atom. The summed E-state index contributed by atoms with van der Waals surface area (Å²) < 4.78 is 0. The highest BCUT2D eigenvalue weighted by molar-refractivity contribution is 5.19. The third kappa shape index (κ3) is 2.51. The van der Waals surface area contributed by atoms with E-state index < -0.39 is 0 Å². The highest BCUT2D eigenvalue weighted by Crippen LogP contribution is 2.77. The van der Waals surface area contributed by atoms with Crippen molar-refractivity contribution in [1.82, 2.24) is 0 Å². The number of hydrogen-bond acceptors (Lipinski definition) is 0. The molecule has 0 heterocycles. The Labute approximate surface area is 157 Å². The van der Waals surface area contributed by atoms with Crippen molar-refractivity contribution < 1.29 is 0 Å². The monoisotopic (exact) mass is 344 g/mol. The van der Waals surface area contributed by atoms with Crippen molar-refractivity contribution in [1.29, 1.82) is 0 Å². The largest absolute Gasteiger partial charge is 0.0651 e. The average molecular weight is 345 g/mol. The number of fused-ring (bicyclic) bond motifs is 5. The SMILES string of the molecule is CCC(C)CCCC1CCC2C3CC4(C)CC(C)CC4(C)C3CC12C. The Bertz CT molecular complexity index is 508. The van der Waals surface area contributed by atoms with Gasteiger partial charge in [0.1, 0.15) is 0 Å². The molecule has 144 valence electrons. The van der Waals surface area contributed by atoms with Gasteiger partial charge in [-0.25, -0.2) is 0 Å². The molecule has 9 unspecified atom stereocenters. The lowest BCUT2D eigenvalue weighted by Crippen LogP contribution is -2.34. The molecule has 0 aromatic rings. The minimum absolute atomic E-state index is 0.658. The maximum Gasteiger partial charge on any atom is -0.0238 e. The quantitative estimate of drug-likeness (QED) is 0.479. The van der Waals surface area contributed by atoms with Crippen LogP contribution in [0.4, 0.5) is 0 Å². The topological polar surface area (TPSA) is 0 Å². The molecule has 4 saturated carbocycles. The van der Waals surface area contributed by atoms with Gasteiger partial charge >= 0.3 is 0 Å². The van der Waals surface area contributed by atoms with E-state index in [0.717, 1.165) is 35.5 Å². The van der Waals surface area contributed by atoms with E-state index in [2.05, 4.69) is 41.5 Å². The van der Waals surface area contributed by atoms with Gasteiger partial charge in [0.05, 0.1) is 0 Å². The fraction of sp³-hybridized carbons (Fsp3) is 1.00. The highest BCUT2D eigenvalue weighted by atomic mass is 14.7. The first-order valence-corrected chi connectivity index (χ1v) is 11.7. The summed E-state index contributed by atoms with van der Waals surface area (Å²) >= 11 is 0. The zero-order valence-electron chi connectivity index (χ0n) is 18.0. The molecule has 4 aliphatic rings. The molecule has 0 N–H and O–H groups in total. The van der Waals surface area contributed by atoms with Crippen LogP contribution in [-0.2, 0) is 0 Å². The third-order valence-electron chi connectivity index (χ3n) is 10.7. The molecule has 0 amide bonds. The van der Waals surface area contributed by atoms with E-state index in [9.17, 15) is 0 Å². The first-order valence-electron chi connectivity index (χ1n) is 11.7. The van der Waals surface area contributed by atoms with Gasteiger partial charge in [-0.3, -0.25) is 0 Å². The molecular weight excluding hydrogens is 300 g/mol. The summed E-state index contributed by atoms with van der Waals surface area (Å²) in [5.74, 6) is 6.14. The van der Waals surface area contributed by atoms with Crippen LogP contribution in [0.25, 0.3) is 0 Å². The predicted octanol–water partition coefficient (Wildman–Crippen LogP) is 7.72. The highest BCUT2D eigenvalue weighted by Gasteiger charge is 2.70. The van der Waals surface area contributed by atoms with E-state index in [1.807, 2.05) is 0 Å². The summed E-state index contributed by atoms with van der Waals surface area (Å²) in [6, 6.07) is 0. The van der Waals surface area contributed by atoms with Gasteiger partial charge in [-0.05, 0) is 96.7 Å². The first kappa shape index (κ1) is 18.4. The molecule has 25 heavy (non-hydrogen) atoms. The van der Waals surface area contributed by atoms with E-state index in [1.165, 1.54) is 38.5 Å². The van der Waals surface area contributed by atoms with Gasteiger partial charge in [0, 0.05) is 0 Å². The van der Waals surface area contributed by atoms with Gasteiger partial charge in [0.15, 0.2) is 0 Å². The van der Waals surface area contributed by atoms with Gasteiger partial charge < -0.3 is 0 Å². The van der Waals surface area contributed by atoms with Crippen LogP contribution in [0.3, 0.4) is 0 Å². The molecule has 0 bridgehead atoms. The Kier molecular flexibility index (Phi) is 4.41. The molecular formula is C25H44. The molecule has 0 saturated heterocycles. The number of rotatable bonds is 5. The molecule has 0 radical (unpaired) electrons. The molecule has 0 nitrogen and oxygen atoms in total. The van der Waals surface area contributed by atoms with Gasteiger partial charge in [0.2, 0.25) is 0 Å². The summed E-state index contributed by atoms with van der Waals surface area (Å²) in [4.78, 5) is 0. The lowest BCUT2D eigenvalue weighted by molar-refractivity contribution is 0.0717. The minimum atomic E-state index is 0.658. The van der Waals surface area contributed by atoms with Crippen molar-refractivity contribution >= 4 is 0 Å². The maximum atomic E-state index is 2.73. The summed E-state index contributed by atoms with van der Waals surface area (Å²) in [7, 11) is 0. The lowest BCUT2D eigenvalue weighted by atomic mass is 9.63. The van der Waals surface area contributed by atoms with E-state index in [4.69, 9.17) is 0 Å². The van der Waals surface area contributed by atoms with Crippen molar-refractivity contribution in [2.75, 3.05) is 0 Å². The van der Waals surface area contributed by atoms with Crippen LogP contribution in [0.15, 0.2) is 0 Å². The first-order chi connectivity index (χ1) is 11.7. The zero-order valence-corrected chi connectivity index (χ0v) is 18.0. The Hall–Kier alpha value is 0. The van der Waals surface area contributed by atoms with Gasteiger partial charge in [-0.2, -0.15) is 0 Å². The fourth-order valence-corrected chi connectivity index (χ4v) is 9.12. The summed E-state index contributed by atoms with van der Waals surface area (Å²) in [5, 5.41) is 0. The minimum Gasteiger partial charge on any atom is -0.0651 e. The summed E-state index contributed by atoms with van der Waals surface area (Å²) in [5.41, 5.74) is 2.02. The smallest absolute Gasteiger partial charge is 0.0238 e. The van der Waals surface area contributed by atoms with Gasteiger partial charge in [-0.15, -0.1) is 0 Å². The molecule has 4 rings (SSSR count). The number of hydrogen-bond donors (Lipinski definition) is 0. The average Bonchev–Trinajstić information content (AvgIpc) is 3.13. The Morgan fingerprint density at radius 2 is 1.72 bits per heavy atom. The molecule has 0 aliphatic heterocycles. The second kappa shape index (κ2) is 6.00. The fourth-order valence-electron chi connectivity index (χ4n) is 9.12. The zero-order chi connectivity index (χ0) is 18.0. The summed E-state index contributed by atoms with van der Waals surface area (Å²) in [6.45, 7) is 15.4. The van der Waals surface area contributed by atoms with Crippen molar-refractivity contribution in [3.8, 4) is 0 Å². The van der Waals surface area contributed by atoms with Crippen LogP contribution in [-0.4, -0.2) is 0 Å². The van der Waals surface area contributed by atoms with E-state index >= 15 is 0 Å².